The molecule has 0 N–H and O–H groups in total. The van der Waals surface area contributed by atoms with Crippen LogP contribution in [-0.4, -0.2) is 6.29 Å². The van der Waals surface area contributed by atoms with Gasteiger partial charge >= 0.3 is 0 Å². The van der Waals surface area contributed by atoms with Gasteiger partial charge in [-0.25, -0.2) is 0 Å². The summed E-state index contributed by atoms with van der Waals surface area (Å²) in [7, 11) is 0. The molecule has 1 aromatic rings. The summed E-state index contributed by atoms with van der Waals surface area (Å²) >= 11 is 0. The van der Waals surface area contributed by atoms with Crippen LogP contribution in [-0.2, 0) is 0 Å². The summed E-state index contributed by atoms with van der Waals surface area (Å²) in [5.74, 6) is 2.37. The Bertz CT molecular complexity index is 358. The van der Waals surface area contributed by atoms with Crippen LogP contribution in [0.25, 0.3) is 0 Å². The number of aldehydes is 1. The molecular formula is C16H22O. The number of hydrogen-bond acceptors (Lipinski definition) is 1. The van der Waals surface area contributed by atoms with E-state index in [1.165, 1.54) is 31.2 Å². The first kappa shape index (κ1) is 12.3. The van der Waals surface area contributed by atoms with E-state index in [0.29, 0.717) is 5.92 Å². The predicted octanol–water partition coefficient (Wildman–Crippen LogP) is 4.43. The van der Waals surface area contributed by atoms with Crippen molar-refractivity contribution in [2.75, 3.05) is 0 Å². The summed E-state index contributed by atoms with van der Waals surface area (Å²) in [6, 6.07) is 8.10. The van der Waals surface area contributed by atoms with Gasteiger partial charge in [0.05, 0.1) is 0 Å². The van der Waals surface area contributed by atoms with Crippen molar-refractivity contribution in [3.8, 4) is 0 Å². The maximum Gasteiger partial charge on any atom is 0.150 e. The third kappa shape index (κ3) is 2.96. The van der Waals surface area contributed by atoms with Gasteiger partial charge in [0.2, 0.25) is 0 Å². The van der Waals surface area contributed by atoms with Crippen LogP contribution in [0.3, 0.4) is 0 Å². The molecule has 0 spiro atoms. The Kier molecular flexibility index (Phi) is 3.98. The SMILES string of the molecule is CC1CCC(C(C)c2ccc(C=O)cc2)CC1. The molecule has 1 aromatic carbocycles. The number of rotatable bonds is 3. The molecule has 1 nitrogen and oxygen atoms in total. The van der Waals surface area contributed by atoms with Crippen molar-refractivity contribution < 1.29 is 4.79 Å². The molecule has 0 radical (unpaired) electrons. The zero-order valence-electron chi connectivity index (χ0n) is 10.9. The average molecular weight is 230 g/mol. The summed E-state index contributed by atoms with van der Waals surface area (Å²) in [5, 5.41) is 0. The number of carbonyl (C=O) groups excluding carboxylic acids is 1. The Balaban J connectivity index is 2.03. The van der Waals surface area contributed by atoms with Crippen LogP contribution in [0.5, 0.6) is 0 Å². The van der Waals surface area contributed by atoms with Crippen molar-refractivity contribution >= 4 is 6.29 Å². The van der Waals surface area contributed by atoms with Gasteiger partial charge in [-0.2, -0.15) is 0 Å². The third-order valence-corrected chi connectivity index (χ3v) is 4.37. The molecule has 0 bridgehead atoms. The predicted molar refractivity (Wildman–Crippen MR) is 71.4 cm³/mol. The van der Waals surface area contributed by atoms with Gasteiger partial charge in [-0.15, -0.1) is 0 Å². The summed E-state index contributed by atoms with van der Waals surface area (Å²) in [6.45, 7) is 4.69. The number of carbonyl (C=O) groups is 1. The van der Waals surface area contributed by atoms with E-state index in [1.54, 1.807) is 0 Å². The van der Waals surface area contributed by atoms with Crippen LogP contribution in [0, 0.1) is 11.8 Å². The van der Waals surface area contributed by atoms with Gasteiger partial charge in [0, 0.05) is 5.56 Å². The standard InChI is InChI=1S/C16H22O/c1-12-3-7-15(8-4-12)13(2)16-9-5-14(11-17)6-10-16/h5-6,9-13,15H,3-4,7-8H2,1-2H3. The van der Waals surface area contributed by atoms with Crippen LogP contribution in [0.1, 0.15) is 61.4 Å². The summed E-state index contributed by atoms with van der Waals surface area (Å²) in [5.41, 5.74) is 2.16. The molecular weight excluding hydrogens is 208 g/mol. The molecule has 1 unspecified atom stereocenters. The first-order chi connectivity index (χ1) is 8.20. The lowest BCUT2D eigenvalue weighted by Gasteiger charge is -2.31. The van der Waals surface area contributed by atoms with E-state index in [4.69, 9.17) is 0 Å². The van der Waals surface area contributed by atoms with Crippen molar-refractivity contribution in [1.29, 1.82) is 0 Å². The van der Waals surface area contributed by atoms with Gasteiger partial charge in [0.15, 0.2) is 0 Å². The van der Waals surface area contributed by atoms with Gasteiger partial charge in [-0.3, -0.25) is 4.79 Å². The van der Waals surface area contributed by atoms with E-state index in [2.05, 4.69) is 26.0 Å². The van der Waals surface area contributed by atoms with Crippen molar-refractivity contribution in [2.24, 2.45) is 11.8 Å². The fraction of sp³-hybridized carbons (Fsp3) is 0.562. The highest BCUT2D eigenvalue weighted by molar-refractivity contribution is 5.74. The molecule has 0 aliphatic heterocycles. The highest BCUT2D eigenvalue weighted by Gasteiger charge is 2.23. The minimum Gasteiger partial charge on any atom is -0.298 e. The van der Waals surface area contributed by atoms with Crippen LogP contribution in [0.15, 0.2) is 24.3 Å². The molecule has 92 valence electrons. The molecule has 2 rings (SSSR count). The second-order valence-corrected chi connectivity index (χ2v) is 5.59. The Morgan fingerprint density at radius 2 is 1.71 bits per heavy atom. The van der Waals surface area contributed by atoms with E-state index < -0.39 is 0 Å². The summed E-state index contributed by atoms with van der Waals surface area (Å²) in [6.07, 6.45) is 6.38. The molecule has 0 saturated heterocycles. The monoisotopic (exact) mass is 230 g/mol. The fourth-order valence-corrected chi connectivity index (χ4v) is 2.94. The Labute approximate surface area is 104 Å². The topological polar surface area (TPSA) is 17.1 Å². The molecule has 17 heavy (non-hydrogen) atoms. The zero-order valence-corrected chi connectivity index (χ0v) is 10.9. The average Bonchev–Trinajstić information content (AvgIpc) is 2.39. The molecule has 1 atom stereocenters. The second-order valence-electron chi connectivity index (χ2n) is 5.59. The molecule has 0 heterocycles. The molecule has 1 aliphatic rings. The van der Waals surface area contributed by atoms with Crippen molar-refractivity contribution in [3.63, 3.8) is 0 Å². The highest BCUT2D eigenvalue weighted by Crippen LogP contribution is 2.37. The van der Waals surface area contributed by atoms with Crippen LogP contribution < -0.4 is 0 Å². The largest absolute Gasteiger partial charge is 0.298 e. The Morgan fingerprint density at radius 1 is 1.12 bits per heavy atom. The molecule has 0 amide bonds. The van der Waals surface area contributed by atoms with Gasteiger partial charge in [-0.1, -0.05) is 51.0 Å². The first-order valence-corrected chi connectivity index (χ1v) is 6.76. The number of hydrogen-bond donors (Lipinski definition) is 0. The van der Waals surface area contributed by atoms with E-state index in [0.717, 1.165) is 23.7 Å². The van der Waals surface area contributed by atoms with Crippen LogP contribution in [0.2, 0.25) is 0 Å². The second kappa shape index (κ2) is 5.48. The van der Waals surface area contributed by atoms with Crippen LogP contribution in [0.4, 0.5) is 0 Å². The lowest BCUT2D eigenvalue weighted by atomic mass is 9.75. The van der Waals surface area contributed by atoms with Gasteiger partial charge in [-0.05, 0) is 36.2 Å². The minimum absolute atomic E-state index is 0.628. The van der Waals surface area contributed by atoms with Crippen molar-refractivity contribution in [2.45, 2.75) is 45.4 Å². The molecule has 1 aliphatic carbocycles. The summed E-state index contributed by atoms with van der Waals surface area (Å²) < 4.78 is 0. The maximum atomic E-state index is 10.6. The molecule has 1 saturated carbocycles. The highest BCUT2D eigenvalue weighted by atomic mass is 16.1. The molecule has 1 heteroatoms. The van der Waals surface area contributed by atoms with E-state index in [1.807, 2.05) is 12.1 Å². The number of benzene rings is 1. The van der Waals surface area contributed by atoms with Gasteiger partial charge < -0.3 is 0 Å². The van der Waals surface area contributed by atoms with Gasteiger partial charge in [0.1, 0.15) is 6.29 Å². The minimum atomic E-state index is 0.628. The van der Waals surface area contributed by atoms with Gasteiger partial charge in [0.25, 0.3) is 0 Å². The normalized spacial score (nSPS) is 26.5. The zero-order chi connectivity index (χ0) is 12.3. The third-order valence-electron chi connectivity index (χ3n) is 4.37. The van der Waals surface area contributed by atoms with E-state index >= 15 is 0 Å². The summed E-state index contributed by atoms with van der Waals surface area (Å²) in [4.78, 5) is 10.6. The lowest BCUT2D eigenvalue weighted by molar-refractivity contribution is 0.112. The fourth-order valence-electron chi connectivity index (χ4n) is 2.94. The molecule has 0 aromatic heterocycles. The van der Waals surface area contributed by atoms with Crippen LogP contribution >= 0.6 is 0 Å². The maximum absolute atomic E-state index is 10.6. The quantitative estimate of drug-likeness (QED) is 0.702. The van der Waals surface area contributed by atoms with E-state index in [-0.39, 0.29) is 0 Å². The first-order valence-electron chi connectivity index (χ1n) is 6.76. The Hall–Kier alpha value is -1.11. The Morgan fingerprint density at radius 3 is 2.24 bits per heavy atom. The van der Waals surface area contributed by atoms with Crippen molar-refractivity contribution in [3.05, 3.63) is 35.4 Å². The lowest BCUT2D eigenvalue weighted by Crippen LogP contribution is -2.17. The molecule has 1 fully saturated rings. The van der Waals surface area contributed by atoms with E-state index in [9.17, 15) is 4.79 Å². The smallest absolute Gasteiger partial charge is 0.150 e. The van der Waals surface area contributed by atoms with Crippen molar-refractivity contribution in [1.82, 2.24) is 0 Å².